The van der Waals surface area contributed by atoms with Gasteiger partial charge in [0.1, 0.15) is 0 Å². The number of hydrogen-bond acceptors (Lipinski definition) is 4. The van der Waals surface area contributed by atoms with Crippen molar-refractivity contribution in [3.8, 4) is 0 Å². The van der Waals surface area contributed by atoms with Crippen LogP contribution in [0.3, 0.4) is 0 Å². The van der Waals surface area contributed by atoms with Crippen LogP contribution in [-0.4, -0.2) is 62.5 Å². The zero-order valence-electron chi connectivity index (χ0n) is 14.3. The Hall–Kier alpha value is -1.79. The molecule has 2 fully saturated rings. The maximum absolute atomic E-state index is 12.3. The van der Waals surface area contributed by atoms with Crippen molar-refractivity contribution in [3.63, 3.8) is 0 Å². The van der Waals surface area contributed by atoms with E-state index in [2.05, 4.69) is 15.5 Å². The standard InChI is InChI=1S/C18H25ClN4O2/c19-15-1-3-16(4-2-15)22-9-11-23(12-10-22)17(24)13-21-18(25)14-5-7-20-8-6-14/h1-4,14,20H,5-13H2,(H,21,25). The maximum atomic E-state index is 12.3. The zero-order valence-corrected chi connectivity index (χ0v) is 15.1. The van der Waals surface area contributed by atoms with E-state index in [0.717, 1.165) is 49.7 Å². The normalized spacial score (nSPS) is 18.9. The summed E-state index contributed by atoms with van der Waals surface area (Å²) in [5, 5.41) is 6.78. The third-order valence-corrected chi connectivity index (χ3v) is 5.20. The lowest BCUT2D eigenvalue weighted by Gasteiger charge is -2.36. The summed E-state index contributed by atoms with van der Waals surface area (Å²) in [4.78, 5) is 28.5. The first kappa shape index (κ1) is 18.0. The first-order chi connectivity index (χ1) is 12.1. The SMILES string of the molecule is O=C(NCC(=O)N1CCN(c2ccc(Cl)cc2)CC1)C1CCNCC1. The highest BCUT2D eigenvalue weighted by molar-refractivity contribution is 6.30. The molecule has 0 atom stereocenters. The van der Waals surface area contributed by atoms with Crippen molar-refractivity contribution in [2.45, 2.75) is 12.8 Å². The highest BCUT2D eigenvalue weighted by Crippen LogP contribution is 2.19. The lowest BCUT2D eigenvalue weighted by atomic mass is 9.97. The summed E-state index contributed by atoms with van der Waals surface area (Å²) in [6.45, 7) is 4.77. The van der Waals surface area contributed by atoms with Crippen LogP contribution >= 0.6 is 11.6 Å². The molecule has 0 saturated carbocycles. The summed E-state index contributed by atoms with van der Waals surface area (Å²) in [7, 11) is 0. The van der Waals surface area contributed by atoms with Crippen molar-refractivity contribution in [2.24, 2.45) is 5.92 Å². The molecular formula is C18H25ClN4O2. The van der Waals surface area contributed by atoms with E-state index in [4.69, 9.17) is 11.6 Å². The topological polar surface area (TPSA) is 64.7 Å². The molecule has 2 aliphatic heterocycles. The van der Waals surface area contributed by atoms with Crippen LogP contribution in [0.25, 0.3) is 0 Å². The summed E-state index contributed by atoms with van der Waals surface area (Å²) in [6, 6.07) is 7.76. The fourth-order valence-electron chi connectivity index (χ4n) is 3.37. The second-order valence-corrected chi connectivity index (χ2v) is 7.02. The van der Waals surface area contributed by atoms with E-state index in [-0.39, 0.29) is 24.3 Å². The van der Waals surface area contributed by atoms with Gasteiger partial charge in [0.15, 0.2) is 0 Å². The Morgan fingerprint density at radius 3 is 2.36 bits per heavy atom. The van der Waals surface area contributed by atoms with Crippen LogP contribution in [0.5, 0.6) is 0 Å². The zero-order chi connectivity index (χ0) is 17.6. The molecule has 0 aromatic heterocycles. The van der Waals surface area contributed by atoms with Gasteiger partial charge in [0.05, 0.1) is 6.54 Å². The van der Waals surface area contributed by atoms with Gasteiger partial charge in [0, 0.05) is 42.8 Å². The van der Waals surface area contributed by atoms with Gasteiger partial charge >= 0.3 is 0 Å². The monoisotopic (exact) mass is 364 g/mol. The van der Waals surface area contributed by atoms with Crippen molar-refractivity contribution >= 4 is 29.1 Å². The second kappa shape index (κ2) is 8.54. The maximum Gasteiger partial charge on any atom is 0.242 e. The molecule has 0 unspecified atom stereocenters. The van der Waals surface area contributed by atoms with E-state index in [9.17, 15) is 9.59 Å². The van der Waals surface area contributed by atoms with Crippen LogP contribution < -0.4 is 15.5 Å². The molecule has 2 heterocycles. The van der Waals surface area contributed by atoms with Crippen molar-refractivity contribution in [1.29, 1.82) is 0 Å². The minimum absolute atomic E-state index is 0.00181. The average Bonchev–Trinajstić information content (AvgIpc) is 2.67. The Balaban J connectivity index is 1.42. The van der Waals surface area contributed by atoms with Crippen LogP contribution in [0.1, 0.15) is 12.8 Å². The number of anilines is 1. The highest BCUT2D eigenvalue weighted by atomic mass is 35.5. The van der Waals surface area contributed by atoms with Gasteiger partial charge in [0.2, 0.25) is 11.8 Å². The van der Waals surface area contributed by atoms with Gasteiger partial charge in [0.25, 0.3) is 0 Å². The van der Waals surface area contributed by atoms with Gasteiger partial charge < -0.3 is 20.4 Å². The van der Waals surface area contributed by atoms with Crippen LogP contribution in [0.2, 0.25) is 5.02 Å². The van der Waals surface area contributed by atoms with E-state index in [1.165, 1.54) is 0 Å². The number of carbonyl (C=O) groups is 2. The van der Waals surface area contributed by atoms with Crippen LogP contribution in [-0.2, 0) is 9.59 Å². The lowest BCUT2D eigenvalue weighted by Crippen LogP contribution is -2.51. The molecule has 0 spiro atoms. The summed E-state index contributed by atoms with van der Waals surface area (Å²) in [5.41, 5.74) is 1.12. The molecule has 1 aromatic rings. The molecule has 0 aliphatic carbocycles. The molecule has 2 saturated heterocycles. The molecule has 136 valence electrons. The van der Waals surface area contributed by atoms with E-state index >= 15 is 0 Å². The Kier molecular flexibility index (Phi) is 6.15. The fraction of sp³-hybridized carbons (Fsp3) is 0.556. The van der Waals surface area contributed by atoms with Crippen molar-refractivity contribution in [3.05, 3.63) is 29.3 Å². The predicted octanol–water partition coefficient (Wildman–Crippen LogP) is 1.10. The number of nitrogens with one attached hydrogen (secondary N) is 2. The Labute approximate surface area is 153 Å². The van der Waals surface area contributed by atoms with E-state index < -0.39 is 0 Å². The molecular weight excluding hydrogens is 340 g/mol. The summed E-state index contributed by atoms with van der Waals surface area (Å²) >= 11 is 5.92. The van der Waals surface area contributed by atoms with Crippen molar-refractivity contribution in [1.82, 2.24) is 15.5 Å². The van der Waals surface area contributed by atoms with Gasteiger partial charge in [-0.15, -0.1) is 0 Å². The summed E-state index contributed by atoms with van der Waals surface area (Å²) in [5.74, 6) is 0.0449. The molecule has 1 aromatic carbocycles. The molecule has 2 N–H and O–H groups in total. The fourth-order valence-corrected chi connectivity index (χ4v) is 3.49. The molecule has 25 heavy (non-hydrogen) atoms. The molecule has 3 rings (SSSR count). The Morgan fingerprint density at radius 1 is 1.08 bits per heavy atom. The minimum Gasteiger partial charge on any atom is -0.368 e. The number of halogens is 1. The predicted molar refractivity (Wildman–Crippen MR) is 98.8 cm³/mol. The molecule has 2 aliphatic rings. The quantitative estimate of drug-likeness (QED) is 0.840. The van der Waals surface area contributed by atoms with Gasteiger partial charge in [-0.1, -0.05) is 11.6 Å². The summed E-state index contributed by atoms with van der Waals surface area (Å²) in [6.07, 6.45) is 1.69. The van der Waals surface area contributed by atoms with Crippen molar-refractivity contribution < 1.29 is 9.59 Å². The molecule has 0 bridgehead atoms. The number of rotatable bonds is 4. The largest absolute Gasteiger partial charge is 0.368 e. The van der Waals surface area contributed by atoms with E-state index in [0.29, 0.717) is 13.1 Å². The molecule has 0 radical (unpaired) electrons. The first-order valence-electron chi connectivity index (χ1n) is 8.90. The second-order valence-electron chi connectivity index (χ2n) is 6.59. The Bertz CT molecular complexity index is 594. The number of hydrogen-bond donors (Lipinski definition) is 2. The van der Waals surface area contributed by atoms with Crippen LogP contribution in [0.4, 0.5) is 5.69 Å². The highest BCUT2D eigenvalue weighted by Gasteiger charge is 2.24. The molecule has 7 heteroatoms. The number of piperazine rings is 1. The smallest absolute Gasteiger partial charge is 0.242 e. The number of piperidine rings is 1. The van der Waals surface area contributed by atoms with Crippen molar-refractivity contribution in [2.75, 3.05) is 50.7 Å². The van der Waals surface area contributed by atoms with Gasteiger partial charge in [-0.2, -0.15) is 0 Å². The average molecular weight is 365 g/mol. The molecule has 6 nitrogen and oxygen atoms in total. The third kappa shape index (κ3) is 4.86. The van der Waals surface area contributed by atoms with E-state index in [1.54, 1.807) is 0 Å². The van der Waals surface area contributed by atoms with Crippen LogP contribution in [0, 0.1) is 5.92 Å². The Morgan fingerprint density at radius 2 is 1.72 bits per heavy atom. The molecule has 2 amide bonds. The van der Waals surface area contributed by atoms with Gasteiger partial charge in [-0.05, 0) is 50.2 Å². The summed E-state index contributed by atoms with van der Waals surface area (Å²) < 4.78 is 0. The third-order valence-electron chi connectivity index (χ3n) is 4.95. The number of carbonyl (C=O) groups excluding carboxylic acids is 2. The number of amides is 2. The van der Waals surface area contributed by atoms with Crippen LogP contribution in [0.15, 0.2) is 24.3 Å². The van der Waals surface area contributed by atoms with E-state index in [1.807, 2.05) is 29.2 Å². The van der Waals surface area contributed by atoms with Gasteiger partial charge in [-0.3, -0.25) is 9.59 Å². The van der Waals surface area contributed by atoms with Gasteiger partial charge in [-0.25, -0.2) is 0 Å². The number of nitrogens with zero attached hydrogens (tertiary/aromatic N) is 2. The number of benzene rings is 1. The minimum atomic E-state index is -0.00181. The first-order valence-corrected chi connectivity index (χ1v) is 9.28. The lowest BCUT2D eigenvalue weighted by molar-refractivity contribution is -0.134.